The number of aryl methyl sites for hydroxylation is 1. The molecule has 1 amide bonds. The summed E-state index contributed by atoms with van der Waals surface area (Å²) in [5.41, 5.74) is 7.56. The molecule has 0 heterocycles. The molecular weight excluding hydrogens is 304 g/mol. The van der Waals surface area contributed by atoms with Crippen LogP contribution in [0.5, 0.6) is 0 Å². The zero-order valence-electron chi connectivity index (χ0n) is 11.9. The maximum Gasteiger partial charge on any atom is 0.340 e. The first-order valence-corrected chi connectivity index (χ1v) is 6.93. The largest absolute Gasteiger partial charge is 0.452 e. The normalized spacial score (nSPS) is 10.1. The molecule has 114 valence electrons. The topological polar surface area (TPSA) is 81.4 Å². The monoisotopic (exact) mass is 318 g/mol. The number of carbonyl (C=O) groups is 2. The lowest BCUT2D eigenvalue weighted by molar-refractivity contribution is -0.119. The van der Waals surface area contributed by atoms with Crippen LogP contribution in [0.2, 0.25) is 5.02 Å². The Labute approximate surface area is 133 Å². The van der Waals surface area contributed by atoms with Crippen molar-refractivity contribution in [1.82, 2.24) is 0 Å². The summed E-state index contributed by atoms with van der Waals surface area (Å²) in [5.74, 6) is -1.12. The number of amides is 1. The third-order valence-corrected chi connectivity index (χ3v) is 3.36. The molecule has 0 aliphatic carbocycles. The van der Waals surface area contributed by atoms with Crippen molar-refractivity contribution in [2.75, 3.05) is 17.7 Å². The molecule has 0 aliphatic heterocycles. The van der Waals surface area contributed by atoms with Gasteiger partial charge in [0.15, 0.2) is 6.61 Å². The second-order valence-electron chi connectivity index (χ2n) is 4.64. The molecule has 22 heavy (non-hydrogen) atoms. The zero-order chi connectivity index (χ0) is 16.1. The number of anilines is 2. The van der Waals surface area contributed by atoms with Gasteiger partial charge in [0, 0.05) is 5.69 Å². The number of ether oxygens (including phenoxy) is 1. The van der Waals surface area contributed by atoms with E-state index >= 15 is 0 Å². The molecule has 6 heteroatoms. The van der Waals surface area contributed by atoms with E-state index in [0.29, 0.717) is 5.69 Å². The summed E-state index contributed by atoms with van der Waals surface area (Å²) in [6.45, 7) is 1.47. The molecule has 0 atom stereocenters. The van der Waals surface area contributed by atoms with Crippen molar-refractivity contribution in [1.29, 1.82) is 0 Å². The van der Waals surface area contributed by atoms with E-state index in [0.717, 1.165) is 5.56 Å². The van der Waals surface area contributed by atoms with E-state index in [1.807, 2.05) is 19.1 Å². The van der Waals surface area contributed by atoms with Gasteiger partial charge in [-0.3, -0.25) is 4.79 Å². The van der Waals surface area contributed by atoms with Crippen molar-refractivity contribution in [2.24, 2.45) is 0 Å². The fourth-order valence-electron chi connectivity index (χ4n) is 1.82. The minimum Gasteiger partial charge on any atom is -0.452 e. The van der Waals surface area contributed by atoms with Gasteiger partial charge in [-0.15, -0.1) is 0 Å². The fraction of sp³-hybridized carbons (Fsp3) is 0.125. The molecule has 0 aromatic heterocycles. The van der Waals surface area contributed by atoms with Gasteiger partial charge in [-0.1, -0.05) is 35.9 Å². The van der Waals surface area contributed by atoms with Crippen LogP contribution in [-0.4, -0.2) is 18.5 Å². The van der Waals surface area contributed by atoms with E-state index in [9.17, 15) is 9.59 Å². The number of para-hydroxylation sites is 2. The summed E-state index contributed by atoms with van der Waals surface area (Å²) in [6, 6.07) is 12.0. The van der Waals surface area contributed by atoms with Crippen molar-refractivity contribution in [3.05, 3.63) is 58.6 Å². The van der Waals surface area contributed by atoms with Gasteiger partial charge < -0.3 is 15.8 Å². The first-order chi connectivity index (χ1) is 10.5. The van der Waals surface area contributed by atoms with Crippen LogP contribution in [0, 0.1) is 6.92 Å². The molecule has 0 bridgehead atoms. The highest BCUT2D eigenvalue weighted by Crippen LogP contribution is 2.23. The van der Waals surface area contributed by atoms with Crippen molar-refractivity contribution in [2.45, 2.75) is 6.92 Å². The van der Waals surface area contributed by atoms with Gasteiger partial charge >= 0.3 is 5.97 Å². The maximum absolute atomic E-state index is 11.9. The van der Waals surface area contributed by atoms with Crippen LogP contribution in [0.1, 0.15) is 15.9 Å². The predicted molar refractivity (Wildman–Crippen MR) is 86.0 cm³/mol. The summed E-state index contributed by atoms with van der Waals surface area (Å²) in [6.07, 6.45) is 0. The number of rotatable bonds is 4. The van der Waals surface area contributed by atoms with Gasteiger partial charge in [0.2, 0.25) is 0 Å². The Morgan fingerprint density at radius 3 is 2.64 bits per heavy atom. The molecule has 0 radical (unpaired) electrons. The molecular formula is C16H15ClN2O3. The standard InChI is InChI=1S/C16H15ClN2O3/c1-10-5-2-3-8-13(10)19-14(20)9-22-16(21)11-6-4-7-12(17)15(11)18/h2-8H,9,18H2,1H3,(H,19,20). The minimum absolute atomic E-state index is 0.133. The first-order valence-electron chi connectivity index (χ1n) is 6.55. The molecule has 2 rings (SSSR count). The van der Waals surface area contributed by atoms with Gasteiger partial charge in [-0.25, -0.2) is 4.79 Å². The van der Waals surface area contributed by atoms with Crippen LogP contribution in [-0.2, 0) is 9.53 Å². The van der Waals surface area contributed by atoms with Crippen LogP contribution >= 0.6 is 11.6 Å². The Kier molecular flexibility index (Phi) is 5.01. The van der Waals surface area contributed by atoms with E-state index < -0.39 is 18.5 Å². The van der Waals surface area contributed by atoms with E-state index in [1.54, 1.807) is 24.3 Å². The number of benzene rings is 2. The van der Waals surface area contributed by atoms with E-state index in [-0.39, 0.29) is 16.3 Å². The van der Waals surface area contributed by atoms with Gasteiger partial charge in [-0.05, 0) is 30.7 Å². The lowest BCUT2D eigenvalue weighted by Gasteiger charge is -2.10. The number of nitrogens with one attached hydrogen (secondary N) is 1. The van der Waals surface area contributed by atoms with Crippen LogP contribution in [0.4, 0.5) is 11.4 Å². The van der Waals surface area contributed by atoms with Crippen LogP contribution < -0.4 is 11.1 Å². The highest BCUT2D eigenvalue weighted by molar-refractivity contribution is 6.33. The second kappa shape index (κ2) is 6.95. The minimum atomic E-state index is -0.695. The maximum atomic E-state index is 11.9. The molecule has 5 nitrogen and oxygen atoms in total. The highest BCUT2D eigenvalue weighted by Gasteiger charge is 2.15. The molecule has 0 spiro atoms. The van der Waals surface area contributed by atoms with Crippen LogP contribution in [0.3, 0.4) is 0 Å². The third kappa shape index (κ3) is 3.77. The number of nitrogen functional groups attached to an aromatic ring is 1. The summed E-state index contributed by atoms with van der Waals surface area (Å²) < 4.78 is 4.95. The SMILES string of the molecule is Cc1ccccc1NC(=O)COC(=O)c1cccc(Cl)c1N. The lowest BCUT2D eigenvalue weighted by atomic mass is 10.2. The molecule has 0 fully saturated rings. The number of carbonyl (C=O) groups excluding carboxylic acids is 2. The van der Waals surface area contributed by atoms with Crippen molar-refractivity contribution in [3.8, 4) is 0 Å². The van der Waals surface area contributed by atoms with Crippen molar-refractivity contribution < 1.29 is 14.3 Å². The summed E-state index contributed by atoms with van der Waals surface area (Å²) in [5, 5.41) is 2.93. The number of hydrogen-bond acceptors (Lipinski definition) is 4. The number of nitrogens with two attached hydrogens (primary N) is 1. The number of esters is 1. The highest BCUT2D eigenvalue weighted by atomic mass is 35.5. The Morgan fingerprint density at radius 1 is 1.18 bits per heavy atom. The average molecular weight is 319 g/mol. The van der Waals surface area contributed by atoms with Gasteiger partial charge in [0.05, 0.1) is 16.3 Å². The molecule has 0 unspecified atom stereocenters. The number of halogens is 1. The lowest BCUT2D eigenvalue weighted by Crippen LogP contribution is -2.21. The fourth-order valence-corrected chi connectivity index (χ4v) is 2.00. The third-order valence-electron chi connectivity index (χ3n) is 3.03. The summed E-state index contributed by atoms with van der Waals surface area (Å²) in [4.78, 5) is 23.7. The van der Waals surface area contributed by atoms with Gasteiger partial charge in [-0.2, -0.15) is 0 Å². The first kappa shape index (κ1) is 15.9. The summed E-state index contributed by atoms with van der Waals surface area (Å²) in [7, 11) is 0. The molecule has 2 aromatic carbocycles. The van der Waals surface area contributed by atoms with E-state index in [4.69, 9.17) is 22.1 Å². The molecule has 2 aromatic rings. The van der Waals surface area contributed by atoms with E-state index in [1.165, 1.54) is 6.07 Å². The van der Waals surface area contributed by atoms with Crippen molar-refractivity contribution >= 4 is 34.9 Å². The van der Waals surface area contributed by atoms with E-state index in [2.05, 4.69) is 5.32 Å². The average Bonchev–Trinajstić information content (AvgIpc) is 2.50. The Morgan fingerprint density at radius 2 is 1.91 bits per heavy atom. The molecule has 0 aliphatic rings. The quantitative estimate of drug-likeness (QED) is 0.670. The molecule has 0 saturated heterocycles. The van der Waals surface area contributed by atoms with Gasteiger partial charge in [0.1, 0.15) is 0 Å². The second-order valence-corrected chi connectivity index (χ2v) is 5.05. The Balaban J connectivity index is 1.95. The van der Waals surface area contributed by atoms with Gasteiger partial charge in [0.25, 0.3) is 5.91 Å². The summed E-state index contributed by atoms with van der Waals surface area (Å²) >= 11 is 5.83. The molecule has 0 saturated carbocycles. The Hall–Kier alpha value is -2.53. The van der Waals surface area contributed by atoms with Crippen LogP contribution in [0.25, 0.3) is 0 Å². The Bertz CT molecular complexity index is 716. The van der Waals surface area contributed by atoms with Crippen molar-refractivity contribution in [3.63, 3.8) is 0 Å². The zero-order valence-corrected chi connectivity index (χ0v) is 12.7. The smallest absolute Gasteiger partial charge is 0.340 e. The number of hydrogen-bond donors (Lipinski definition) is 2. The van der Waals surface area contributed by atoms with Crippen LogP contribution in [0.15, 0.2) is 42.5 Å². The molecule has 3 N–H and O–H groups in total. The predicted octanol–water partition coefficient (Wildman–Crippen LogP) is 3.03.